The quantitative estimate of drug-likeness (QED) is 0.860. The van der Waals surface area contributed by atoms with E-state index in [1.807, 2.05) is 13.1 Å². The summed E-state index contributed by atoms with van der Waals surface area (Å²) in [6.07, 6.45) is 6.34. The molecular formula is C15H21BrFN. The highest BCUT2D eigenvalue weighted by atomic mass is 79.9. The number of nitrogens with one attached hydrogen (secondary N) is 1. The molecule has 0 aliphatic heterocycles. The van der Waals surface area contributed by atoms with Crippen molar-refractivity contribution in [1.29, 1.82) is 0 Å². The van der Waals surface area contributed by atoms with Gasteiger partial charge in [0, 0.05) is 4.47 Å². The molecule has 1 N–H and O–H groups in total. The first-order chi connectivity index (χ1) is 8.70. The molecule has 18 heavy (non-hydrogen) atoms. The van der Waals surface area contributed by atoms with Crippen molar-refractivity contribution in [2.75, 3.05) is 13.6 Å². The number of hydrogen-bond acceptors (Lipinski definition) is 1. The van der Waals surface area contributed by atoms with Gasteiger partial charge in [0.25, 0.3) is 0 Å². The molecule has 1 unspecified atom stereocenters. The first-order valence-corrected chi connectivity index (χ1v) is 7.58. The summed E-state index contributed by atoms with van der Waals surface area (Å²) in [5.41, 5.74) is 1.10. The van der Waals surface area contributed by atoms with Gasteiger partial charge in [-0.3, -0.25) is 0 Å². The van der Waals surface area contributed by atoms with Crippen molar-refractivity contribution in [2.45, 2.75) is 32.1 Å². The number of halogens is 2. The third-order valence-corrected chi connectivity index (χ3v) is 4.80. The highest BCUT2D eigenvalue weighted by Gasteiger charge is 2.25. The molecule has 1 nitrogen and oxygen atoms in total. The highest BCUT2D eigenvalue weighted by Crippen LogP contribution is 2.34. The van der Waals surface area contributed by atoms with Gasteiger partial charge < -0.3 is 5.32 Å². The fraction of sp³-hybridized carbons (Fsp3) is 0.600. The number of benzene rings is 1. The molecule has 3 heteroatoms. The number of hydrogen-bond donors (Lipinski definition) is 1. The van der Waals surface area contributed by atoms with Crippen LogP contribution in [-0.2, 0) is 6.42 Å². The van der Waals surface area contributed by atoms with E-state index in [0.717, 1.165) is 28.9 Å². The minimum Gasteiger partial charge on any atom is -0.319 e. The molecule has 0 radical (unpaired) electrons. The summed E-state index contributed by atoms with van der Waals surface area (Å²) in [4.78, 5) is 0. The molecule has 1 fully saturated rings. The van der Waals surface area contributed by atoms with Crippen molar-refractivity contribution in [1.82, 2.24) is 5.32 Å². The number of rotatable bonds is 5. The lowest BCUT2D eigenvalue weighted by Crippen LogP contribution is -2.26. The van der Waals surface area contributed by atoms with E-state index in [4.69, 9.17) is 0 Å². The molecule has 1 aromatic carbocycles. The van der Waals surface area contributed by atoms with Crippen LogP contribution in [0.1, 0.15) is 31.2 Å². The Balaban J connectivity index is 2.09. The normalized spacial score (nSPS) is 18.2. The fourth-order valence-electron chi connectivity index (χ4n) is 3.08. The van der Waals surface area contributed by atoms with E-state index in [2.05, 4.69) is 21.2 Å². The summed E-state index contributed by atoms with van der Waals surface area (Å²) in [6.45, 7) is 1.02. The molecular weight excluding hydrogens is 293 g/mol. The molecule has 1 saturated carbocycles. The maximum atomic E-state index is 13.3. The molecule has 0 spiro atoms. The van der Waals surface area contributed by atoms with Crippen LogP contribution in [0, 0.1) is 17.7 Å². The summed E-state index contributed by atoms with van der Waals surface area (Å²) < 4.78 is 14.4. The Morgan fingerprint density at radius 3 is 2.78 bits per heavy atom. The van der Waals surface area contributed by atoms with Crippen molar-refractivity contribution < 1.29 is 4.39 Å². The van der Waals surface area contributed by atoms with Gasteiger partial charge >= 0.3 is 0 Å². The fourth-order valence-corrected chi connectivity index (χ4v) is 3.49. The van der Waals surface area contributed by atoms with Crippen molar-refractivity contribution >= 4 is 15.9 Å². The molecule has 0 heterocycles. The van der Waals surface area contributed by atoms with E-state index < -0.39 is 0 Å². The molecule has 0 bridgehead atoms. The zero-order valence-corrected chi connectivity index (χ0v) is 12.5. The van der Waals surface area contributed by atoms with Gasteiger partial charge in [0.2, 0.25) is 0 Å². The van der Waals surface area contributed by atoms with Gasteiger partial charge in [-0.15, -0.1) is 0 Å². The lowest BCUT2D eigenvalue weighted by atomic mass is 9.85. The van der Waals surface area contributed by atoms with Gasteiger partial charge in [0.15, 0.2) is 0 Å². The van der Waals surface area contributed by atoms with Crippen LogP contribution in [0.25, 0.3) is 0 Å². The molecule has 1 aromatic rings. The molecule has 100 valence electrons. The average molecular weight is 314 g/mol. The molecule has 0 saturated heterocycles. The predicted molar refractivity (Wildman–Crippen MR) is 77.2 cm³/mol. The van der Waals surface area contributed by atoms with Crippen LogP contribution < -0.4 is 5.32 Å². The Labute approximate surface area is 117 Å². The second kappa shape index (κ2) is 6.67. The summed E-state index contributed by atoms with van der Waals surface area (Å²) in [7, 11) is 2.00. The topological polar surface area (TPSA) is 12.0 Å². The van der Waals surface area contributed by atoms with Crippen LogP contribution in [-0.4, -0.2) is 13.6 Å². The molecule has 0 aromatic heterocycles. The highest BCUT2D eigenvalue weighted by molar-refractivity contribution is 9.10. The van der Waals surface area contributed by atoms with Crippen LogP contribution >= 0.6 is 15.9 Å². The van der Waals surface area contributed by atoms with Crippen molar-refractivity contribution in [3.05, 3.63) is 34.1 Å². The zero-order chi connectivity index (χ0) is 13.0. The van der Waals surface area contributed by atoms with Crippen molar-refractivity contribution in [3.63, 3.8) is 0 Å². The van der Waals surface area contributed by atoms with Crippen molar-refractivity contribution in [2.24, 2.45) is 11.8 Å². The largest absolute Gasteiger partial charge is 0.319 e. The first-order valence-electron chi connectivity index (χ1n) is 6.79. The Morgan fingerprint density at radius 2 is 2.11 bits per heavy atom. The Hall–Kier alpha value is -0.410. The van der Waals surface area contributed by atoms with Crippen LogP contribution in [0.15, 0.2) is 22.7 Å². The van der Waals surface area contributed by atoms with Crippen LogP contribution in [0.5, 0.6) is 0 Å². The summed E-state index contributed by atoms with van der Waals surface area (Å²) in [5, 5.41) is 3.29. The predicted octanol–water partition coefficient (Wildman–Crippen LogP) is 4.16. The Kier molecular flexibility index (Phi) is 5.19. The van der Waals surface area contributed by atoms with E-state index in [9.17, 15) is 4.39 Å². The molecule has 1 aliphatic rings. The third-order valence-electron chi connectivity index (χ3n) is 4.02. The van der Waals surface area contributed by atoms with Gasteiger partial charge in [0.05, 0.1) is 0 Å². The lowest BCUT2D eigenvalue weighted by Gasteiger charge is -2.23. The zero-order valence-electron chi connectivity index (χ0n) is 10.9. The maximum Gasteiger partial charge on any atom is 0.123 e. The van der Waals surface area contributed by atoms with Gasteiger partial charge in [-0.25, -0.2) is 4.39 Å². The van der Waals surface area contributed by atoms with E-state index >= 15 is 0 Å². The SMILES string of the molecule is CNCC(Cc1cc(F)ccc1Br)C1CCCC1. The minimum atomic E-state index is -0.136. The van der Waals surface area contributed by atoms with E-state index in [-0.39, 0.29) is 5.82 Å². The third kappa shape index (κ3) is 3.55. The van der Waals surface area contributed by atoms with Gasteiger partial charge in [0.1, 0.15) is 5.82 Å². The summed E-state index contributed by atoms with van der Waals surface area (Å²) >= 11 is 3.53. The van der Waals surface area contributed by atoms with Crippen LogP contribution in [0.2, 0.25) is 0 Å². The van der Waals surface area contributed by atoms with Gasteiger partial charge in [-0.05, 0) is 55.6 Å². The summed E-state index contributed by atoms with van der Waals surface area (Å²) in [5.74, 6) is 1.28. The molecule has 0 amide bonds. The van der Waals surface area contributed by atoms with E-state index in [0.29, 0.717) is 5.92 Å². The standard InChI is InChI=1S/C15H21BrFN/c1-18-10-13(11-4-2-3-5-11)8-12-9-14(17)6-7-15(12)16/h6-7,9,11,13,18H,2-5,8,10H2,1H3. The van der Waals surface area contributed by atoms with Crippen LogP contribution in [0.3, 0.4) is 0 Å². The second-order valence-electron chi connectivity index (χ2n) is 5.30. The van der Waals surface area contributed by atoms with Crippen LogP contribution in [0.4, 0.5) is 4.39 Å². The molecule has 1 atom stereocenters. The summed E-state index contributed by atoms with van der Waals surface area (Å²) in [6, 6.07) is 4.99. The minimum absolute atomic E-state index is 0.136. The van der Waals surface area contributed by atoms with Gasteiger partial charge in [-0.1, -0.05) is 41.6 Å². The lowest BCUT2D eigenvalue weighted by molar-refractivity contribution is 0.327. The van der Waals surface area contributed by atoms with Gasteiger partial charge in [-0.2, -0.15) is 0 Å². The Morgan fingerprint density at radius 1 is 1.39 bits per heavy atom. The smallest absolute Gasteiger partial charge is 0.123 e. The maximum absolute atomic E-state index is 13.3. The second-order valence-corrected chi connectivity index (χ2v) is 6.16. The van der Waals surface area contributed by atoms with Crippen molar-refractivity contribution in [3.8, 4) is 0 Å². The molecule has 1 aliphatic carbocycles. The molecule has 2 rings (SSSR count). The first kappa shape index (κ1) is 14.0. The Bertz CT molecular complexity index is 388. The van der Waals surface area contributed by atoms with E-state index in [1.165, 1.54) is 31.7 Å². The monoisotopic (exact) mass is 313 g/mol. The average Bonchev–Trinajstić information content (AvgIpc) is 2.87. The van der Waals surface area contributed by atoms with E-state index in [1.54, 1.807) is 6.07 Å².